The molecule has 7 heteroatoms. The smallest absolute Gasteiger partial charge is 0.176 e. The number of para-hydroxylation sites is 5. The third kappa shape index (κ3) is 6.43. The number of aromatic nitrogens is 7. The van der Waals surface area contributed by atoms with Crippen molar-refractivity contribution in [3.63, 3.8) is 0 Å². The second-order valence-corrected chi connectivity index (χ2v) is 22.6. The maximum atomic E-state index is 5.45. The molecule has 0 fully saturated rings. The van der Waals surface area contributed by atoms with Crippen LogP contribution >= 0.6 is 0 Å². The van der Waals surface area contributed by atoms with Crippen molar-refractivity contribution in [1.82, 2.24) is 33.2 Å². The van der Waals surface area contributed by atoms with Crippen LogP contribution < -0.4 is 0 Å². The van der Waals surface area contributed by atoms with E-state index in [2.05, 4.69) is 256 Å². The number of fused-ring (bicyclic) bond motifs is 17. The van der Waals surface area contributed by atoms with E-state index in [0.29, 0.717) is 17.5 Å². The molecule has 16 aromatic rings. The molecule has 0 radical (unpaired) electrons. The van der Waals surface area contributed by atoms with Crippen molar-refractivity contribution < 1.29 is 0 Å². The lowest BCUT2D eigenvalue weighted by Gasteiger charge is -2.39. The molecule has 18 rings (SSSR count). The van der Waals surface area contributed by atoms with Crippen LogP contribution in [0.4, 0.5) is 0 Å². The first-order valence-electron chi connectivity index (χ1n) is 29.1. The fourth-order valence-electron chi connectivity index (χ4n) is 14.7. The number of rotatable bonds is 7. The third-order valence-corrected chi connectivity index (χ3v) is 18.1. The van der Waals surface area contributed by atoms with Crippen LogP contribution in [0.25, 0.3) is 139 Å². The highest BCUT2D eigenvalue weighted by molar-refractivity contribution is 6.24. The Bertz CT molecular complexity index is 5370. The summed E-state index contributed by atoms with van der Waals surface area (Å²) in [6.45, 7) is 2.25. The van der Waals surface area contributed by atoms with Gasteiger partial charge in [0.05, 0.1) is 38.6 Å². The maximum Gasteiger partial charge on any atom is 0.176 e. The normalized spacial score (nSPS) is 14.6. The van der Waals surface area contributed by atoms with Gasteiger partial charge in [0.15, 0.2) is 23.1 Å². The van der Waals surface area contributed by atoms with E-state index in [4.69, 9.17) is 15.0 Å². The summed E-state index contributed by atoms with van der Waals surface area (Å²) < 4.78 is 10.7. The van der Waals surface area contributed by atoms with E-state index in [1.807, 2.05) is 36.4 Å². The molecule has 2 aliphatic rings. The van der Waals surface area contributed by atoms with E-state index >= 15 is 0 Å². The van der Waals surface area contributed by atoms with Crippen molar-refractivity contribution in [3.05, 3.63) is 289 Å². The highest BCUT2D eigenvalue weighted by Crippen LogP contribution is 2.58. The Hall–Kier alpha value is -10.9. The van der Waals surface area contributed by atoms with Gasteiger partial charge < -0.3 is 18.3 Å². The van der Waals surface area contributed by atoms with Crippen molar-refractivity contribution in [2.45, 2.75) is 25.4 Å². The van der Waals surface area contributed by atoms with Gasteiger partial charge in [-0.3, -0.25) is 0 Å². The molecule has 84 heavy (non-hydrogen) atoms. The highest BCUT2D eigenvalue weighted by atomic mass is 15.3. The van der Waals surface area contributed by atoms with Crippen LogP contribution in [0.2, 0.25) is 0 Å². The van der Waals surface area contributed by atoms with Gasteiger partial charge in [0, 0.05) is 88.2 Å². The van der Waals surface area contributed by atoms with E-state index in [1.165, 1.54) is 71.2 Å². The lowest BCUT2D eigenvalue weighted by Crippen LogP contribution is -2.42. The van der Waals surface area contributed by atoms with Gasteiger partial charge in [0.2, 0.25) is 0 Å². The average Bonchev–Trinajstić information content (AvgIpc) is 1.50. The van der Waals surface area contributed by atoms with Gasteiger partial charge in [-0.1, -0.05) is 224 Å². The number of hydrogen-bond acceptors (Lipinski definition) is 3. The van der Waals surface area contributed by atoms with Crippen LogP contribution in [0.1, 0.15) is 34.4 Å². The standard InChI is InChI=1S/C77H51N7/c1-48-38-40-54-55-41-39-51(76-79-74(49-22-6-2-7-23-49)78-75(80-76)50-24-8-3-9-25-50)47-65(55)77(64(54)46-48,83-68-36-20-16-32-58(68)62-44-42-60-56-30-14-18-34-66(56)81(70(60)72(62)83)52-26-10-4-11-27-52)84-69-37-21-17-33-59(69)63-45-43-61-57-31-15-19-35-67(57)82(71(61)73(63)84)53-28-12-5-13-29-53/h2-18,20-34,36-47H,19,35H2,1H3. The predicted octanol–water partition coefficient (Wildman–Crippen LogP) is 18.7. The monoisotopic (exact) mass is 1070 g/mol. The van der Waals surface area contributed by atoms with Crippen LogP contribution in [0.15, 0.2) is 261 Å². The van der Waals surface area contributed by atoms with Gasteiger partial charge in [0.25, 0.3) is 0 Å². The number of hydrogen-bond donors (Lipinski definition) is 0. The van der Waals surface area contributed by atoms with Crippen molar-refractivity contribution in [1.29, 1.82) is 0 Å². The summed E-state index contributed by atoms with van der Waals surface area (Å²) in [6.07, 6.45) is 6.62. The largest absolute Gasteiger partial charge is 0.311 e. The van der Waals surface area contributed by atoms with Crippen molar-refractivity contribution in [2.75, 3.05) is 0 Å². The molecule has 0 spiro atoms. The SMILES string of the molecule is Cc1ccc2c(c1)C(n1c3ccccc3c3ccc4c5c(n(-c6ccccc6)c4c31)CCC=C5)(n1c3ccccc3c3ccc4c5ccccc5n(-c5ccccc5)c4c31)c1cc(-c3nc(-c4ccccc4)nc(-c4ccccc4)n3)ccc1-2. The average molecular weight is 1070 g/mol. The summed E-state index contributed by atoms with van der Waals surface area (Å²) in [4.78, 5) is 16.1. The molecular formula is C77H51N7. The molecule has 0 saturated carbocycles. The van der Waals surface area contributed by atoms with E-state index < -0.39 is 5.66 Å². The zero-order valence-electron chi connectivity index (χ0n) is 45.9. The van der Waals surface area contributed by atoms with E-state index in [0.717, 1.165) is 85.1 Å². The summed E-state index contributed by atoms with van der Waals surface area (Å²) in [5, 5.41) is 8.34. The molecule has 0 N–H and O–H groups in total. The quantitative estimate of drug-likeness (QED) is 0.160. The molecule has 1 atom stereocenters. The summed E-state index contributed by atoms with van der Waals surface area (Å²) in [5.41, 5.74) is 20.3. The molecular weight excluding hydrogens is 1020 g/mol. The Morgan fingerprint density at radius 2 is 0.798 bits per heavy atom. The molecule has 0 saturated heterocycles. The van der Waals surface area contributed by atoms with Crippen LogP contribution in [0, 0.1) is 6.92 Å². The predicted molar refractivity (Wildman–Crippen MR) is 345 cm³/mol. The lowest BCUT2D eigenvalue weighted by molar-refractivity contribution is 0.416. The van der Waals surface area contributed by atoms with Crippen molar-refractivity contribution >= 4 is 82.4 Å². The summed E-state index contributed by atoms with van der Waals surface area (Å²) >= 11 is 0. The molecule has 2 aliphatic carbocycles. The molecule has 0 amide bonds. The second-order valence-electron chi connectivity index (χ2n) is 22.6. The van der Waals surface area contributed by atoms with Gasteiger partial charge in [-0.25, -0.2) is 15.0 Å². The first kappa shape index (κ1) is 46.8. The molecule has 5 aromatic heterocycles. The van der Waals surface area contributed by atoms with E-state index in [1.54, 1.807) is 0 Å². The van der Waals surface area contributed by atoms with Crippen molar-refractivity contribution in [2.24, 2.45) is 0 Å². The molecule has 11 aromatic carbocycles. The van der Waals surface area contributed by atoms with Crippen LogP contribution in [-0.2, 0) is 12.1 Å². The lowest BCUT2D eigenvalue weighted by atomic mass is 9.92. The Morgan fingerprint density at radius 3 is 1.38 bits per heavy atom. The minimum absolute atomic E-state index is 0.599. The zero-order chi connectivity index (χ0) is 55.2. The molecule has 0 aliphatic heterocycles. The Morgan fingerprint density at radius 1 is 0.357 bits per heavy atom. The number of allylic oxidation sites excluding steroid dienone is 1. The summed E-state index contributed by atoms with van der Waals surface area (Å²) in [6, 6.07) is 93.5. The van der Waals surface area contributed by atoms with Crippen LogP contribution in [0.5, 0.6) is 0 Å². The van der Waals surface area contributed by atoms with Crippen LogP contribution in [-0.4, -0.2) is 33.2 Å². The number of benzene rings is 11. The third-order valence-electron chi connectivity index (χ3n) is 18.1. The molecule has 394 valence electrons. The first-order valence-corrected chi connectivity index (χ1v) is 29.1. The zero-order valence-corrected chi connectivity index (χ0v) is 45.9. The van der Waals surface area contributed by atoms with Gasteiger partial charge in [-0.15, -0.1) is 0 Å². The maximum absolute atomic E-state index is 5.45. The fraction of sp³-hybridized carbons (Fsp3) is 0.0519. The minimum atomic E-state index is -1.16. The molecule has 1 unspecified atom stereocenters. The Kier molecular flexibility index (Phi) is 9.92. The van der Waals surface area contributed by atoms with Crippen molar-refractivity contribution in [3.8, 4) is 56.7 Å². The molecule has 5 heterocycles. The Balaban J connectivity index is 1.10. The molecule has 0 bridgehead atoms. The summed E-state index contributed by atoms with van der Waals surface area (Å²) in [5.74, 6) is 1.84. The first-order chi connectivity index (χ1) is 41.6. The van der Waals surface area contributed by atoms with E-state index in [9.17, 15) is 0 Å². The second kappa shape index (κ2) is 17.8. The Labute approximate surface area is 483 Å². The topological polar surface area (TPSA) is 58.4 Å². The van der Waals surface area contributed by atoms with Crippen LogP contribution in [0.3, 0.4) is 0 Å². The van der Waals surface area contributed by atoms with Gasteiger partial charge in [-0.2, -0.15) is 0 Å². The number of aryl methyl sites for hydroxylation is 1. The van der Waals surface area contributed by atoms with Gasteiger partial charge >= 0.3 is 0 Å². The number of nitrogens with zero attached hydrogens (tertiary/aromatic N) is 7. The van der Waals surface area contributed by atoms with Gasteiger partial charge in [-0.05, 0) is 79.4 Å². The fourth-order valence-corrected chi connectivity index (χ4v) is 14.7. The van der Waals surface area contributed by atoms with E-state index in [-0.39, 0.29) is 0 Å². The highest BCUT2D eigenvalue weighted by Gasteiger charge is 2.51. The van der Waals surface area contributed by atoms with Gasteiger partial charge in [0.1, 0.15) is 0 Å². The minimum Gasteiger partial charge on any atom is -0.311 e. The molecule has 7 nitrogen and oxygen atoms in total. The summed E-state index contributed by atoms with van der Waals surface area (Å²) in [7, 11) is 0.